The van der Waals surface area contributed by atoms with E-state index >= 15 is 0 Å². The lowest BCUT2D eigenvalue weighted by Crippen LogP contribution is -2.00. The van der Waals surface area contributed by atoms with Gasteiger partial charge in [-0.25, -0.2) is 4.68 Å². The minimum Gasteiger partial charge on any atom is -0.296 e. The third-order valence-electron chi connectivity index (χ3n) is 2.83. The fourth-order valence-corrected chi connectivity index (χ4v) is 2.04. The number of rotatable bonds is 3. The molecule has 0 aliphatic heterocycles. The van der Waals surface area contributed by atoms with E-state index in [4.69, 9.17) is 11.6 Å². The van der Waals surface area contributed by atoms with Crippen LogP contribution in [0.1, 0.15) is 10.5 Å². The Hall–Kier alpha value is -2.53. The maximum atomic E-state index is 11.1. The van der Waals surface area contributed by atoms with Crippen molar-refractivity contribution in [1.82, 2.24) is 20.0 Å². The summed E-state index contributed by atoms with van der Waals surface area (Å²) in [5.41, 5.74) is 2.51. The molecule has 0 spiro atoms. The van der Waals surface area contributed by atoms with Gasteiger partial charge in [-0.15, -0.1) is 5.10 Å². The van der Waals surface area contributed by atoms with Gasteiger partial charge in [-0.1, -0.05) is 16.8 Å². The lowest BCUT2D eigenvalue weighted by atomic mass is 10.1. The zero-order valence-electron chi connectivity index (χ0n) is 10.3. The molecule has 0 N–H and O–H groups in total. The van der Waals surface area contributed by atoms with Gasteiger partial charge in [0.25, 0.3) is 0 Å². The molecule has 0 amide bonds. The van der Waals surface area contributed by atoms with Crippen LogP contribution in [0.2, 0.25) is 5.02 Å². The molecule has 0 saturated heterocycles. The Bertz CT molecular complexity index is 738. The number of hydrogen-bond donors (Lipinski definition) is 0. The molecule has 2 heterocycles. The molecule has 0 aliphatic rings. The minimum atomic E-state index is 0.283. The van der Waals surface area contributed by atoms with Crippen molar-refractivity contribution in [3.8, 4) is 16.9 Å². The van der Waals surface area contributed by atoms with Crippen LogP contribution in [0.4, 0.5) is 0 Å². The second-order valence-electron chi connectivity index (χ2n) is 4.07. The van der Waals surface area contributed by atoms with Gasteiger partial charge in [-0.2, -0.15) is 0 Å². The van der Waals surface area contributed by atoms with Gasteiger partial charge in [0.2, 0.25) is 0 Å². The molecular weight excluding hydrogens is 276 g/mol. The van der Waals surface area contributed by atoms with Gasteiger partial charge in [0.05, 0.1) is 5.69 Å². The highest BCUT2D eigenvalue weighted by Gasteiger charge is 2.15. The van der Waals surface area contributed by atoms with Gasteiger partial charge in [0.1, 0.15) is 5.69 Å². The average molecular weight is 285 g/mol. The largest absolute Gasteiger partial charge is 0.296 e. The summed E-state index contributed by atoms with van der Waals surface area (Å²) in [5, 5.41) is 8.57. The summed E-state index contributed by atoms with van der Waals surface area (Å²) in [7, 11) is 0. The van der Waals surface area contributed by atoms with Crippen LogP contribution in [0.3, 0.4) is 0 Å². The highest BCUT2D eigenvalue weighted by atomic mass is 35.5. The molecule has 0 aliphatic carbocycles. The molecule has 0 bridgehead atoms. The number of benzene rings is 1. The van der Waals surface area contributed by atoms with Gasteiger partial charge in [-0.05, 0) is 36.4 Å². The van der Waals surface area contributed by atoms with E-state index in [1.807, 2.05) is 12.1 Å². The molecule has 0 saturated carbocycles. The predicted octanol–water partition coefficient (Wildman–Crippen LogP) is 2.80. The second-order valence-corrected chi connectivity index (χ2v) is 4.50. The number of pyridine rings is 1. The van der Waals surface area contributed by atoms with Crippen molar-refractivity contribution in [3.63, 3.8) is 0 Å². The smallest absolute Gasteiger partial charge is 0.172 e. The van der Waals surface area contributed by atoms with E-state index in [0.29, 0.717) is 17.0 Å². The average Bonchev–Trinajstić information content (AvgIpc) is 2.93. The van der Waals surface area contributed by atoms with E-state index in [1.54, 1.807) is 41.3 Å². The third kappa shape index (κ3) is 2.19. The highest BCUT2D eigenvalue weighted by molar-refractivity contribution is 6.30. The zero-order valence-corrected chi connectivity index (χ0v) is 11.0. The summed E-state index contributed by atoms with van der Waals surface area (Å²) < 4.78 is 1.61. The van der Waals surface area contributed by atoms with E-state index in [2.05, 4.69) is 15.3 Å². The van der Waals surface area contributed by atoms with E-state index in [1.165, 1.54) is 0 Å². The van der Waals surface area contributed by atoms with Crippen LogP contribution >= 0.6 is 11.6 Å². The third-order valence-corrected chi connectivity index (χ3v) is 3.08. The number of carbonyl (C=O) groups excluding carboxylic acids is 1. The van der Waals surface area contributed by atoms with Crippen molar-refractivity contribution in [3.05, 3.63) is 59.5 Å². The molecule has 0 fully saturated rings. The first-order chi connectivity index (χ1) is 9.79. The summed E-state index contributed by atoms with van der Waals surface area (Å²) in [6.45, 7) is 0. The van der Waals surface area contributed by atoms with Gasteiger partial charge in [-0.3, -0.25) is 9.78 Å². The van der Waals surface area contributed by atoms with Crippen molar-refractivity contribution in [2.75, 3.05) is 0 Å². The molecule has 6 heteroatoms. The summed E-state index contributed by atoms with van der Waals surface area (Å²) >= 11 is 5.88. The zero-order chi connectivity index (χ0) is 13.9. The Balaban J connectivity index is 2.20. The fraction of sp³-hybridized carbons (Fsp3) is 0. The number of nitrogens with zero attached hydrogens (tertiary/aromatic N) is 4. The van der Waals surface area contributed by atoms with Crippen molar-refractivity contribution in [2.24, 2.45) is 0 Å². The summed E-state index contributed by atoms with van der Waals surface area (Å²) in [5.74, 6) is 0. The van der Waals surface area contributed by atoms with Crippen molar-refractivity contribution >= 4 is 17.9 Å². The lowest BCUT2D eigenvalue weighted by molar-refractivity contribution is 0.111. The monoisotopic (exact) mass is 284 g/mol. The summed E-state index contributed by atoms with van der Waals surface area (Å²) in [6, 6.07) is 10.8. The Labute approximate surface area is 119 Å². The molecule has 3 rings (SSSR count). The molecule has 0 unspecified atom stereocenters. The number of hydrogen-bond acceptors (Lipinski definition) is 4. The molecular formula is C14H9ClN4O. The number of halogens is 1. The maximum Gasteiger partial charge on any atom is 0.172 e. The van der Waals surface area contributed by atoms with Crippen LogP contribution < -0.4 is 0 Å². The molecule has 5 nitrogen and oxygen atoms in total. The van der Waals surface area contributed by atoms with Gasteiger partial charge >= 0.3 is 0 Å². The Morgan fingerprint density at radius 1 is 1.05 bits per heavy atom. The lowest BCUT2D eigenvalue weighted by Gasteiger charge is -2.06. The SMILES string of the molecule is O=Cc1nnn(-c2ccc(Cl)cc2)c1-c1ccncc1. The number of carbonyl (C=O) groups is 1. The van der Waals surface area contributed by atoms with Crippen molar-refractivity contribution in [2.45, 2.75) is 0 Å². The van der Waals surface area contributed by atoms with Crippen LogP contribution in [0.25, 0.3) is 16.9 Å². The van der Waals surface area contributed by atoms with E-state index in [-0.39, 0.29) is 5.69 Å². The number of aromatic nitrogens is 4. The molecule has 0 atom stereocenters. The Kier molecular flexibility index (Phi) is 3.26. The van der Waals surface area contributed by atoms with E-state index < -0.39 is 0 Å². The Morgan fingerprint density at radius 2 is 1.75 bits per heavy atom. The first-order valence-corrected chi connectivity index (χ1v) is 6.24. The second kappa shape index (κ2) is 5.22. The molecule has 98 valence electrons. The van der Waals surface area contributed by atoms with Crippen molar-refractivity contribution in [1.29, 1.82) is 0 Å². The van der Waals surface area contributed by atoms with E-state index in [0.717, 1.165) is 11.3 Å². The van der Waals surface area contributed by atoms with Crippen LogP contribution in [-0.4, -0.2) is 26.3 Å². The highest BCUT2D eigenvalue weighted by Crippen LogP contribution is 2.24. The van der Waals surface area contributed by atoms with Gasteiger partial charge in [0.15, 0.2) is 12.0 Å². The molecule has 3 aromatic rings. The Morgan fingerprint density at radius 3 is 2.40 bits per heavy atom. The van der Waals surface area contributed by atoms with E-state index in [9.17, 15) is 4.79 Å². The number of aldehydes is 1. The minimum absolute atomic E-state index is 0.283. The first-order valence-electron chi connectivity index (χ1n) is 5.87. The van der Waals surface area contributed by atoms with Crippen molar-refractivity contribution < 1.29 is 4.79 Å². The quantitative estimate of drug-likeness (QED) is 0.694. The molecule has 0 radical (unpaired) electrons. The standard InChI is InChI=1S/C14H9ClN4O/c15-11-1-3-12(4-2-11)19-14(13(9-20)17-18-19)10-5-7-16-8-6-10/h1-9H. The molecule has 2 aromatic heterocycles. The first kappa shape index (κ1) is 12.5. The van der Waals surface area contributed by atoms with Crippen LogP contribution in [0.15, 0.2) is 48.8 Å². The topological polar surface area (TPSA) is 60.7 Å². The van der Waals surface area contributed by atoms with Crippen LogP contribution in [-0.2, 0) is 0 Å². The molecule has 1 aromatic carbocycles. The maximum absolute atomic E-state index is 11.1. The van der Waals surface area contributed by atoms with Gasteiger partial charge in [0, 0.05) is 23.0 Å². The summed E-state index contributed by atoms with van der Waals surface area (Å²) in [6.07, 6.45) is 4.00. The fourth-order valence-electron chi connectivity index (χ4n) is 1.92. The normalized spacial score (nSPS) is 10.4. The van der Waals surface area contributed by atoms with Crippen LogP contribution in [0.5, 0.6) is 0 Å². The predicted molar refractivity (Wildman–Crippen MR) is 75.0 cm³/mol. The molecule has 20 heavy (non-hydrogen) atoms. The van der Waals surface area contributed by atoms with Crippen LogP contribution in [0, 0.1) is 0 Å². The summed E-state index contributed by atoms with van der Waals surface area (Å²) in [4.78, 5) is 15.1. The van der Waals surface area contributed by atoms with Gasteiger partial charge < -0.3 is 0 Å².